The van der Waals surface area contributed by atoms with E-state index in [0.717, 1.165) is 57.6 Å². The van der Waals surface area contributed by atoms with Gasteiger partial charge in [-0.3, -0.25) is 14.7 Å². The molecule has 2 saturated heterocycles. The highest BCUT2D eigenvalue weighted by Gasteiger charge is 2.30. The van der Waals surface area contributed by atoms with E-state index in [4.69, 9.17) is 21.1 Å². The summed E-state index contributed by atoms with van der Waals surface area (Å²) in [7, 11) is 0. The molecule has 2 aliphatic heterocycles. The number of carbonyl (C=O) groups is 1. The van der Waals surface area contributed by atoms with Gasteiger partial charge in [-0.15, -0.1) is 0 Å². The molecule has 30 heavy (non-hydrogen) atoms. The summed E-state index contributed by atoms with van der Waals surface area (Å²) in [6.07, 6.45) is 7.91. The maximum absolute atomic E-state index is 12.5. The molecule has 1 aromatic carbocycles. The molecular formula is C23H28ClN3O3. The fourth-order valence-corrected chi connectivity index (χ4v) is 4.34. The van der Waals surface area contributed by atoms with Crippen molar-refractivity contribution in [2.75, 3.05) is 32.8 Å². The molecule has 0 radical (unpaired) electrons. The molecule has 4 rings (SSSR count). The number of amides is 1. The summed E-state index contributed by atoms with van der Waals surface area (Å²) in [5, 5.41) is 0.656. The number of benzene rings is 1. The van der Waals surface area contributed by atoms with Crippen LogP contribution in [0.4, 0.5) is 0 Å². The van der Waals surface area contributed by atoms with Crippen LogP contribution in [0.25, 0.3) is 0 Å². The molecule has 160 valence electrons. The van der Waals surface area contributed by atoms with Gasteiger partial charge in [0.05, 0.1) is 0 Å². The Kier molecular flexibility index (Phi) is 7.07. The fourth-order valence-electron chi connectivity index (χ4n) is 4.22. The molecule has 0 saturated carbocycles. The molecule has 0 aliphatic carbocycles. The van der Waals surface area contributed by atoms with Crippen molar-refractivity contribution >= 4 is 17.5 Å². The zero-order valence-corrected chi connectivity index (χ0v) is 17.8. The third-order valence-corrected chi connectivity index (χ3v) is 6.19. The highest BCUT2D eigenvalue weighted by Crippen LogP contribution is 2.24. The van der Waals surface area contributed by atoms with Crippen molar-refractivity contribution < 1.29 is 14.3 Å². The van der Waals surface area contributed by atoms with Crippen LogP contribution in [0, 0.1) is 0 Å². The molecule has 6 nitrogen and oxygen atoms in total. The van der Waals surface area contributed by atoms with Crippen molar-refractivity contribution in [1.82, 2.24) is 14.8 Å². The lowest BCUT2D eigenvalue weighted by molar-refractivity contribution is -0.135. The van der Waals surface area contributed by atoms with Crippen LogP contribution in [0.1, 0.15) is 25.7 Å². The summed E-state index contributed by atoms with van der Waals surface area (Å²) in [5.41, 5.74) is 0. The summed E-state index contributed by atoms with van der Waals surface area (Å²) in [5.74, 6) is 1.61. The summed E-state index contributed by atoms with van der Waals surface area (Å²) in [4.78, 5) is 21.0. The molecule has 2 aromatic rings. The predicted molar refractivity (Wildman–Crippen MR) is 116 cm³/mol. The van der Waals surface area contributed by atoms with Gasteiger partial charge < -0.3 is 14.4 Å². The number of halogens is 1. The number of likely N-dealkylation sites (tertiary alicyclic amines) is 2. The van der Waals surface area contributed by atoms with Crippen molar-refractivity contribution in [3.05, 3.63) is 53.8 Å². The third kappa shape index (κ3) is 5.64. The number of hydrogen-bond donors (Lipinski definition) is 0. The second-order valence-electron chi connectivity index (χ2n) is 7.89. The molecule has 7 heteroatoms. The molecule has 1 amide bonds. The highest BCUT2D eigenvalue weighted by atomic mass is 35.5. The Morgan fingerprint density at radius 2 is 1.60 bits per heavy atom. The minimum Gasteiger partial charge on any atom is -0.490 e. The highest BCUT2D eigenvalue weighted by molar-refractivity contribution is 6.30. The van der Waals surface area contributed by atoms with Gasteiger partial charge in [0.2, 0.25) is 0 Å². The molecule has 0 N–H and O–H groups in total. The first-order valence-corrected chi connectivity index (χ1v) is 11.0. The van der Waals surface area contributed by atoms with Crippen LogP contribution < -0.4 is 9.47 Å². The summed E-state index contributed by atoms with van der Waals surface area (Å²) in [6.45, 7) is 3.76. The van der Waals surface area contributed by atoms with Gasteiger partial charge in [-0.2, -0.15) is 0 Å². The second-order valence-corrected chi connectivity index (χ2v) is 8.33. The predicted octanol–water partition coefficient (Wildman–Crippen LogP) is 3.65. The number of nitrogens with zero attached hydrogens (tertiary/aromatic N) is 3. The molecule has 0 bridgehead atoms. The smallest absolute Gasteiger partial charge is 0.260 e. The first kappa shape index (κ1) is 20.9. The van der Waals surface area contributed by atoms with Crippen molar-refractivity contribution in [3.8, 4) is 11.5 Å². The van der Waals surface area contributed by atoms with Gasteiger partial charge in [0.1, 0.15) is 17.6 Å². The standard InChI is InChI=1S/C23H28ClN3O3/c24-18-1-3-20(4-2-18)29-17-23(28)27-13-7-19(8-14-27)26-15-9-22(10-16-26)30-21-5-11-25-12-6-21/h1-6,11-12,19,22H,7-10,13-17H2. The summed E-state index contributed by atoms with van der Waals surface area (Å²) in [6, 6.07) is 11.5. The Bertz CT molecular complexity index is 802. The van der Waals surface area contributed by atoms with Gasteiger partial charge in [-0.25, -0.2) is 0 Å². The van der Waals surface area contributed by atoms with Gasteiger partial charge in [0.15, 0.2) is 6.61 Å². The molecule has 2 fully saturated rings. The van der Waals surface area contributed by atoms with E-state index in [2.05, 4.69) is 9.88 Å². The second kappa shape index (κ2) is 10.1. The van der Waals surface area contributed by atoms with Crippen molar-refractivity contribution in [2.45, 2.75) is 37.8 Å². The quantitative estimate of drug-likeness (QED) is 0.701. The molecule has 0 unspecified atom stereocenters. The van der Waals surface area contributed by atoms with Crippen LogP contribution in [0.15, 0.2) is 48.8 Å². The Labute approximate surface area is 182 Å². The van der Waals surface area contributed by atoms with E-state index >= 15 is 0 Å². The minimum absolute atomic E-state index is 0.0489. The number of carbonyl (C=O) groups excluding carboxylic acids is 1. The van der Waals surface area contributed by atoms with Gasteiger partial charge in [0.25, 0.3) is 5.91 Å². The molecule has 0 atom stereocenters. The largest absolute Gasteiger partial charge is 0.490 e. The van der Waals surface area contributed by atoms with E-state index in [-0.39, 0.29) is 18.6 Å². The average molecular weight is 430 g/mol. The number of ether oxygens (including phenoxy) is 2. The van der Waals surface area contributed by atoms with Crippen molar-refractivity contribution in [2.24, 2.45) is 0 Å². The maximum Gasteiger partial charge on any atom is 0.260 e. The fraction of sp³-hybridized carbons (Fsp3) is 0.478. The van der Waals surface area contributed by atoms with Crippen LogP contribution in [0.2, 0.25) is 5.02 Å². The van der Waals surface area contributed by atoms with Crippen molar-refractivity contribution in [3.63, 3.8) is 0 Å². The molecule has 1 aromatic heterocycles. The minimum atomic E-state index is 0.0489. The van der Waals surface area contributed by atoms with E-state index < -0.39 is 0 Å². The number of rotatable bonds is 6. The van der Waals surface area contributed by atoms with Gasteiger partial charge in [0, 0.05) is 49.6 Å². The summed E-state index contributed by atoms with van der Waals surface area (Å²) < 4.78 is 11.7. The van der Waals surface area contributed by atoms with Gasteiger partial charge in [-0.1, -0.05) is 11.6 Å². The molecular weight excluding hydrogens is 402 g/mol. The SMILES string of the molecule is O=C(COc1ccc(Cl)cc1)N1CCC(N2CCC(Oc3ccncc3)CC2)CC1. The van der Waals surface area contributed by atoms with Crippen LogP contribution >= 0.6 is 11.6 Å². The van der Waals surface area contributed by atoms with Gasteiger partial charge in [-0.05, 0) is 62.1 Å². The normalized spacial score (nSPS) is 18.9. The Morgan fingerprint density at radius 1 is 0.933 bits per heavy atom. The first-order chi connectivity index (χ1) is 14.7. The Hall–Kier alpha value is -2.31. The van der Waals surface area contributed by atoms with Crippen LogP contribution in [0.5, 0.6) is 11.5 Å². The zero-order chi connectivity index (χ0) is 20.8. The number of aromatic nitrogens is 1. The van der Waals surface area contributed by atoms with E-state index in [9.17, 15) is 4.79 Å². The Balaban J connectivity index is 1.16. The van der Waals surface area contributed by atoms with Gasteiger partial charge >= 0.3 is 0 Å². The first-order valence-electron chi connectivity index (χ1n) is 10.6. The zero-order valence-electron chi connectivity index (χ0n) is 17.1. The number of piperidine rings is 2. The lowest BCUT2D eigenvalue weighted by Crippen LogP contribution is -2.50. The lowest BCUT2D eigenvalue weighted by atomic mass is 9.99. The topological polar surface area (TPSA) is 54.9 Å². The molecule has 0 spiro atoms. The van der Waals surface area contributed by atoms with E-state index in [1.807, 2.05) is 17.0 Å². The number of hydrogen-bond acceptors (Lipinski definition) is 5. The lowest BCUT2D eigenvalue weighted by Gasteiger charge is -2.41. The van der Waals surface area contributed by atoms with E-state index in [1.165, 1.54) is 0 Å². The summed E-state index contributed by atoms with van der Waals surface area (Å²) >= 11 is 5.87. The molecule has 3 heterocycles. The van der Waals surface area contributed by atoms with Crippen LogP contribution in [0.3, 0.4) is 0 Å². The number of pyridine rings is 1. The third-order valence-electron chi connectivity index (χ3n) is 5.94. The van der Waals surface area contributed by atoms with Crippen molar-refractivity contribution in [1.29, 1.82) is 0 Å². The van der Waals surface area contributed by atoms with Crippen LogP contribution in [-0.4, -0.2) is 65.6 Å². The van der Waals surface area contributed by atoms with E-state index in [0.29, 0.717) is 16.8 Å². The molecule has 2 aliphatic rings. The van der Waals surface area contributed by atoms with Crippen LogP contribution in [-0.2, 0) is 4.79 Å². The average Bonchev–Trinajstić information content (AvgIpc) is 2.80. The maximum atomic E-state index is 12.5. The van der Waals surface area contributed by atoms with E-state index in [1.54, 1.807) is 36.7 Å². The Morgan fingerprint density at radius 3 is 2.27 bits per heavy atom. The monoisotopic (exact) mass is 429 g/mol.